The first-order chi connectivity index (χ1) is 10.6. The number of halogens is 1. The van der Waals surface area contributed by atoms with Gasteiger partial charge in [0.05, 0.1) is 0 Å². The number of anilines is 4. The minimum atomic E-state index is 0.605. The maximum atomic E-state index is 5.88. The normalized spacial score (nSPS) is 10.5. The highest BCUT2D eigenvalue weighted by Gasteiger charge is 2.06. The summed E-state index contributed by atoms with van der Waals surface area (Å²) < 4.78 is 5.02. The molecule has 2 aromatic heterocycles. The first kappa shape index (κ1) is 14.3. The molecule has 0 spiro atoms. The minimum absolute atomic E-state index is 0.605. The summed E-state index contributed by atoms with van der Waals surface area (Å²) in [4.78, 5) is 8.69. The Morgan fingerprint density at radius 2 is 1.59 bits per heavy atom. The van der Waals surface area contributed by atoms with E-state index in [9.17, 15) is 0 Å². The molecule has 0 atom stereocenters. The molecular weight excluding hydrogens is 302 g/mol. The molecule has 3 rings (SSSR count). The summed E-state index contributed by atoms with van der Waals surface area (Å²) >= 11 is 5.88. The van der Waals surface area contributed by atoms with E-state index >= 15 is 0 Å². The first-order valence-corrected chi connectivity index (χ1v) is 7.05. The summed E-state index contributed by atoms with van der Waals surface area (Å²) in [5, 5.41) is 10.9. The van der Waals surface area contributed by atoms with Crippen LogP contribution in [0.2, 0.25) is 5.02 Å². The molecule has 0 bridgehead atoms. The lowest BCUT2D eigenvalue weighted by atomic mass is 10.3. The van der Waals surface area contributed by atoms with Crippen molar-refractivity contribution in [3.8, 4) is 0 Å². The van der Waals surface area contributed by atoms with Crippen molar-refractivity contribution in [1.82, 2.24) is 15.1 Å². The Kier molecular flexibility index (Phi) is 3.93. The number of aryl methyl sites for hydroxylation is 2. The van der Waals surface area contributed by atoms with E-state index in [-0.39, 0.29) is 0 Å². The van der Waals surface area contributed by atoms with Crippen LogP contribution in [0.4, 0.5) is 23.1 Å². The number of hydrogen-bond donors (Lipinski definition) is 2. The van der Waals surface area contributed by atoms with Gasteiger partial charge in [0, 0.05) is 22.8 Å². The van der Waals surface area contributed by atoms with Crippen molar-refractivity contribution in [2.45, 2.75) is 13.8 Å². The van der Waals surface area contributed by atoms with Crippen molar-refractivity contribution >= 4 is 34.7 Å². The largest absolute Gasteiger partial charge is 0.360 e. The highest BCUT2D eigenvalue weighted by atomic mass is 35.5. The molecule has 0 unspecified atom stereocenters. The molecule has 2 N–H and O–H groups in total. The molecule has 0 saturated heterocycles. The van der Waals surface area contributed by atoms with Gasteiger partial charge in [-0.2, -0.15) is 0 Å². The third kappa shape index (κ3) is 3.53. The highest BCUT2D eigenvalue weighted by Crippen LogP contribution is 2.21. The van der Waals surface area contributed by atoms with Crippen molar-refractivity contribution in [3.05, 3.63) is 53.0 Å². The minimum Gasteiger partial charge on any atom is -0.360 e. The Balaban J connectivity index is 1.81. The third-order valence-corrected chi connectivity index (χ3v) is 3.09. The van der Waals surface area contributed by atoms with Gasteiger partial charge in [-0.15, -0.1) is 0 Å². The standard InChI is InChI=1S/C15H14ClN5O/c1-9-7-15(21-22-9)20-14-8-13(17-10(2)18-14)19-12-5-3-11(16)4-6-12/h3-8H,1-2H3,(H2,17,18,19,20,21). The third-order valence-electron chi connectivity index (χ3n) is 2.84. The van der Waals surface area contributed by atoms with Crippen LogP contribution >= 0.6 is 11.6 Å². The molecule has 1 aromatic carbocycles. The summed E-state index contributed by atoms with van der Waals surface area (Å²) in [7, 11) is 0. The summed E-state index contributed by atoms with van der Waals surface area (Å²) in [6.07, 6.45) is 0. The summed E-state index contributed by atoms with van der Waals surface area (Å²) in [6.45, 7) is 3.66. The second kappa shape index (κ2) is 6.03. The average Bonchev–Trinajstić information content (AvgIpc) is 2.86. The Morgan fingerprint density at radius 3 is 2.23 bits per heavy atom. The number of aromatic nitrogens is 3. The van der Waals surface area contributed by atoms with Gasteiger partial charge in [-0.1, -0.05) is 16.8 Å². The number of benzene rings is 1. The second-order valence-corrected chi connectivity index (χ2v) is 5.20. The Labute approximate surface area is 132 Å². The Hall–Kier alpha value is -2.60. The van der Waals surface area contributed by atoms with E-state index in [1.165, 1.54) is 0 Å². The molecule has 7 heteroatoms. The Bertz CT molecular complexity index is 785. The monoisotopic (exact) mass is 315 g/mol. The van der Waals surface area contributed by atoms with Crippen LogP contribution in [0.25, 0.3) is 0 Å². The highest BCUT2D eigenvalue weighted by molar-refractivity contribution is 6.30. The van der Waals surface area contributed by atoms with Crippen LogP contribution in [0.15, 0.2) is 40.9 Å². The van der Waals surface area contributed by atoms with Gasteiger partial charge in [0.2, 0.25) is 0 Å². The number of rotatable bonds is 4. The quantitative estimate of drug-likeness (QED) is 0.750. The lowest BCUT2D eigenvalue weighted by Crippen LogP contribution is -2.01. The topological polar surface area (TPSA) is 75.9 Å². The number of nitrogens with one attached hydrogen (secondary N) is 2. The van der Waals surface area contributed by atoms with E-state index in [0.29, 0.717) is 28.3 Å². The van der Waals surface area contributed by atoms with Gasteiger partial charge in [0.15, 0.2) is 5.82 Å². The van der Waals surface area contributed by atoms with Crippen molar-refractivity contribution in [2.24, 2.45) is 0 Å². The van der Waals surface area contributed by atoms with Crippen LogP contribution in [-0.2, 0) is 0 Å². The average molecular weight is 316 g/mol. The summed E-state index contributed by atoms with van der Waals surface area (Å²) in [5.74, 6) is 3.29. The van der Waals surface area contributed by atoms with Crippen molar-refractivity contribution in [1.29, 1.82) is 0 Å². The SMILES string of the molecule is Cc1nc(Nc2ccc(Cl)cc2)cc(Nc2cc(C)on2)n1. The van der Waals surface area contributed by atoms with Gasteiger partial charge in [-0.25, -0.2) is 9.97 Å². The van der Waals surface area contributed by atoms with Crippen LogP contribution in [0.3, 0.4) is 0 Å². The zero-order valence-corrected chi connectivity index (χ0v) is 12.8. The molecule has 0 aliphatic heterocycles. The van der Waals surface area contributed by atoms with Crippen LogP contribution in [0.1, 0.15) is 11.6 Å². The van der Waals surface area contributed by atoms with E-state index in [0.717, 1.165) is 11.4 Å². The molecule has 6 nitrogen and oxygen atoms in total. The van der Waals surface area contributed by atoms with E-state index in [4.69, 9.17) is 16.1 Å². The zero-order chi connectivity index (χ0) is 15.5. The predicted molar refractivity (Wildman–Crippen MR) is 86.0 cm³/mol. The van der Waals surface area contributed by atoms with Gasteiger partial charge < -0.3 is 15.2 Å². The van der Waals surface area contributed by atoms with E-state index < -0.39 is 0 Å². The molecule has 0 fully saturated rings. The van der Waals surface area contributed by atoms with E-state index in [2.05, 4.69) is 25.8 Å². The number of hydrogen-bond acceptors (Lipinski definition) is 6. The van der Waals surface area contributed by atoms with Gasteiger partial charge in [-0.3, -0.25) is 0 Å². The molecule has 0 amide bonds. The second-order valence-electron chi connectivity index (χ2n) is 4.77. The lowest BCUT2D eigenvalue weighted by Gasteiger charge is -2.09. The summed E-state index contributed by atoms with van der Waals surface area (Å²) in [5.41, 5.74) is 0.894. The van der Waals surface area contributed by atoms with E-state index in [1.54, 1.807) is 12.1 Å². The van der Waals surface area contributed by atoms with Crippen LogP contribution in [0, 0.1) is 13.8 Å². The van der Waals surface area contributed by atoms with Crippen LogP contribution in [-0.4, -0.2) is 15.1 Å². The molecule has 22 heavy (non-hydrogen) atoms. The zero-order valence-electron chi connectivity index (χ0n) is 12.1. The summed E-state index contributed by atoms with van der Waals surface area (Å²) in [6, 6.07) is 11.0. The molecule has 0 saturated carbocycles. The Morgan fingerprint density at radius 1 is 0.909 bits per heavy atom. The van der Waals surface area contributed by atoms with Crippen LogP contribution < -0.4 is 10.6 Å². The van der Waals surface area contributed by atoms with Crippen molar-refractivity contribution in [3.63, 3.8) is 0 Å². The van der Waals surface area contributed by atoms with Crippen molar-refractivity contribution in [2.75, 3.05) is 10.6 Å². The van der Waals surface area contributed by atoms with Crippen LogP contribution in [0.5, 0.6) is 0 Å². The maximum absolute atomic E-state index is 5.88. The fraction of sp³-hybridized carbons (Fsp3) is 0.133. The molecule has 0 aliphatic carbocycles. The molecule has 3 aromatic rings. The number of nitrogens with zero attached hydrogens (tertiary/aromatic N) is 3. The first-order valence-electron chi connectivity index (χ1n) is 6.67. The van der Waals surface area contributed by atoms with E-state index in [1.807, 2.05) is 38.1 Å². The maximum Gasteiger partial charge on any atom is 0.175 e. The molecule has 2 heterocycles. The smallest absolute Gasteiger partial charge is 0.175 e. The molecule has 0 radical (unpaired) electrons. The van der Waals surface area contributed by atoms with Gasteiger partial charge in [0.1, 0.15) is 23.2 Å². The van der Waals surface area contributed by atoms with Gasteiger partial charge in [0.25, 0.3) is 0 Å². The van der Waals surface area contributed by atoms with Gasteiger partial charge >= 0.3 is 0 Å². The molecule has 0 aliphatic rings. The predicted octanol–water partition coefficient (Wildman–Crippen LogP) is 4.22. The lowest BCUT2D eigenvalue weighted by molar-refractivity contribution is 0.400. The molecule has 112 valence electrons. The van der Waals surface area contributed by atoms with Crippen molar-refractivity contribution < 1.29 is 4.52 Å². The fourth-order valence-electron chi connectivity index (χ4n) is 1.93. The van der Waals surface area contributed by atoms with Gasteiger partial charge in [-0.05, 0) is 38.1 Å². The fourth-order valence-corrected chi connectivity index (χ4v) is 2.06. The molecular formula is C15H14ClN5O.